The van der Waals surface area contributed by atoms with Crippen molar-refractivity contribution in [1.29, 1.82) is 0 Å². The van der Waals surface area contributed by atoms with E-state index in [1.54, 1.807) is 0 Å². The largest absolute Gasteiger partial charge is 0.481 e. The van der Waals surface area contributed by atoms with Crippen LogP contribution < -0.4 is 9.47 Å². The smallest absolute Gasteiger partial charge is 0.336 e. The Balaban J connectivity index is 0.000000302. The molecule has 1 aliphatic carbocycles. The zero-order valence-electron chi connectivity index (χ0n) is 21.0. The summed E-state index contributed by atoms with van der Waals surface area (Å²) in [6.45, 7) is 9.10. The van der Waals surface area contributed by atoms with Gasteiger partial charge in [-0.25, -0.2) is 4.79 Å². The highest BCUT2D eigenvalue weighted by Gasteiger charge is 2.54. The molecule has 0 bridgehead atoms. The van der Waals surface area contributed by atoms with Gasteiger partial charge < -0.3 is 34.6 Å². The van der Waals surface area contributed by atoms with Crippen LogP contribution in [0.25, 0.3) is 0 Å². The maximum atomic E-state index is 10.3. The number of fused-ring (bicyclic) bond motifs is 1. The molecule has 11 heteroatoms. The molecule has 2 aliphatic rings. The van der Waals surface area contributed by atoms with Crippen molar-refractivity contribution in [3.05, 3.63) is 24.3 Å². The maximum Gasteiger partial charge on any atom is 0.336 e. The van der Waals surface area contributed by atoms with E-state index in [4.69, 9.17) is 34.6 Å². The minimum Gasteiger partial charge on any atom is -0.481 e. The zero-order chi connectivity index (χ0) is 26.9. The van der Waals surface area contributed by atoms with Crippen LogP contribution >= 0.6 is 0 Å². The first-order valence-electron chi connectivity index (χ1n) is 12.2. The lowest BCUT2D eigenvalue weighted by atomic mass is 9.81. The molecule has 1 fully saturated rings. The number of ether oxygens (including phenoxy) is 3. The predicted octanol–water partition coefficient (Wildman–Crippen LogP) is 2.80. The van der Waals surface area contributed by atoms with Crippen LogP contribution in [0.5, 0.6) is 11.5 Å². The normalized spacial score (nSPS) is 18.9. The van der Waals surface area contributed by atoms with Gasteiger partial charge in [-0.15, -0.1) is 0 Å². The van der Waals surface area contributed by atoms with Gasteiger partial charge in [-0.3, -0.25) is 14.5 Å². The molecule has 1 aliphatic heterocycles. The first-order valence-corrected chi connectivity index (χ1v) is 12.2. The number of carbonyl (C=O) groups is 3. The summed E-state index contributed by atoms with van der Waals surface area (Å²) >= 11 is 0. The van der Waals surface area contributed by atoms with Gasteiger partial charge in [0.2, 0.25) is 0 Å². The van der Waals surface area contributed by atoms with Crippen LogP contribution in [-0.4, -0.2) is 80.5 Å². The van der Waals surface area contributed by atoms with Crippen LogP contribution in [0.3, 0.4) is 0 Å². The Hall–Kier alpha value is -2.89. The molecule has 1 saturated carbocycles. The van der Waals surface area contributed by atoms with Gasteiger partial charge in [0.25, 0.3) is 5.79 Å². The van der Waals surface area contributed by atoms with Gasteiger partial charge in [0.1, 0.15) is 6.23 Å². The van der Waals surface area contributed by atoms with Gasteiger partial charge in [-0.05, 0) is 45.0 Å². The molecule has 1 spiro atoms. The van der Waals surface area contributed by atoms with Gasteiger partial charge in [-0.2, -0.15) is 0 Å². The highest BCUT2D eigenvalue weighted by atomic mass is 16.7. The minimum atomic E-state index is -2.74. The fourth-order valence-corrected chi connectivity index (χ4v) is 4.71. The van der Waals surface area contributed by atoms with Crippen molar-refractivity contribution in [2.45, 2.75) is 76.9 Å². The SMILES string of the molecule is CCOC(C1CCCCC12Oc1ccccc1O2)N(CC)CC.O=C(O)CC(O)(CC(=O)O)C(=O)O. The number of carboxylic acid groups (broad SMARTS) is 3. The molecule has 3 rings (SSSR count). The van der Waals surface area contributed by atoms with Crippen LogP contribution in [0, 0.1) is 5.92 Å². The molecular weight excluding hydrogens is 474 g/mol. The van der Waals surface area contributed by atoms with Gasteiger partial charge >= 0.3 is 17.9 Å². The third-order valence-corrected chi connectivity index (χ3v) is 6.41. The number of hydrogen-bond donors (Lipinski definition) is 4. The van der Waals surface area contributed by atoms with E-state index in [-0.39, 0.29) is 12.1 Å². The Labute approximate surface area is 210 Å². The molecule has 202 valence electrons. The topological polar surface area (TPSA) is 163 Å². The second-order valence-electron chi connectivity index (χ2n) is 8.86. The molecule has 0 radical (unpaired) electrons. The standard InChI is InChI=1S/C19H29NO3.C6H8O7/c1-4-20(5-2)18(21-6-3)15-11-9-10-14-19(15)22-16-12-7-8-13-17(16)23-19;7-3(8)1-6(13,5(11)12)2-4(9)10/h7-8,12-13,15,18H,4-6,9-11,14H2,1-3H3;13H,1-2H2,(H,7,8)(H,9,10)(H,11,12). The number of hydrogen-bond acceptors (Lipinski definition) is 8. The Bertz CT molecular complexity index is 860. The minimum absolute atomic E-state index is 0.0459. The van der Waals surface area contributed by atoms with E-state index in [9.17, 15) is 14.4 Å². The van der Waals surface area contributed by atoms with Gasteiger partial charge in [0, 0.05) is 13.0 Å². The van der Waals surface area contributed by atoms with Crippen molar-refractivity contribution < 1.29 is 49.0 Å². The quantitative estimate of drug-likeness (QED) is 0.323. The Morgan fingerprint density at radius 2 is 1.56 bits per heavy atom. The highest BCUT2D eigenvalue weighted by molar-refractivity contribution is 5.88. The zero-order valence-corrected chi connectivity index (χ0v) is 21.0. The summed E-state index contributed by atoms with van der Waals surface area (Å²) in [5, 5.41) is 33.8. The van der Waals surface area contributed by atoms with E-state index in [1.807, 2.05) is 24.3 Å². The molecule has 1 heterocycles. The first kappa shape index (κ1) is 29.3. The summed E-state index contributed by atoms with van der Waals surface area (Å²) in [5.74, 6) is -3.62. The summed E-state index contributed by atoms with van der Waals surface area (Å²) in [5.41, 5.74) is -2.74. The van der Waals surface area contributed by atoms with Crippen molar-refractivity contribution in [1.82, 2.24) is 4.90 Å². The molecule has 0 amide bonds. The maximum absolute atomic E-state index is 10.3. The van der Waals surface area contributed by atoms with Crippen molar-refractivity contribution in [2.75, 3.05) is 19.7 Å². The highest BCUT2D eigenvalue weighted by Crippen LogP contribution is 2.49. The summed E-state index contributed by atoms with van der Waals surface area (Å²) < 4.78 is 18.9. The van der Waals surface area contributed by atoms with E-state index in [0.29, 0.717) is 6.61 Å². The van der Waals surface area contributed by atoms with E-state index >= 15 is 0 Å². The number of rotatable bonds is 11. The van der Waals surface area contributed by atoms with Gasteiger partial charge in [-0.1, -0.05) is 32.4 Å². The molecule has 0 saturated heterocycles. The van der Waals surface area contributed by atoms with Crippen molar-refractivity contribution in [3.63, 3.8) is 0 Å². The van der Waals surface area contributed by atoms with E-state index < -0.39 is 42.1 Å². The van der Waals surface area contributed by atoms with Gasteiger partial charge in [0.05, 0.1) is 18.8 Å². The second kappa shape index (κ2) is 12.9. The van der Waals surface area contributed by atoms with E-state index in [0.717, 1.165) is 43.9 Å². The van der Waals surface area contributed by atoms with Crippen molar-refractivity contribution in [3.8, 4) is 11.5 Å². The number of benzene rings is 1. The molecule has 11 nitrogen and oxygen atoms in total. The van der Waals surface area contributed by atoms with Crippen LogP contribution in [0.15, 0.2) is 24.3 Å². The second-order valence-corrected chi connectivity index (χ2v) is 8.86. The molecule has 2 atom stereocenters. The molecule has 2 unspecified atom stereocenters. The monoisotopic (exact) mass is 511 g/mol. The van der Waals surface area contributed by atoms with E-state index in [1.165, 1.54) is 6.42 Å². The molecule has 36 heavy (non-hydrogen) atoms. The summed E-state index contributed by atoms with van der Waals surface area (Å²) in [6, 6.07) is 8.01. The van der Waals surface area contributed by atoms with E-state index in [2.05, 4.69) is 25.7 Å². The van der Waals surface area contributed by atoms with Crippen molar-refractivity contribution >= 4 is 17.9 Å². The average molecular weight is 512 g/mol. The summed E-state index contributed by atoms with van der Waals surface area (Å²) in [7, 11) is 0. The summed E-state index contributed by atoms with van der Waals surface area (Å²) in [6.07, 6.45) is 2.11. The number of aliphatic carboxylic acids is 3. The van der Waals surface area contributed by atoms with Crippen LogP contribution in [0.2, 0.25) is 0 Å². The number of carboxylic acids is 3. The lowest BCUT2D eigenvalue weighted by molar-refractivity contribution is -0.215. The van der Waals surface area contributed by atoms with Crippen molar-refractivity contribution in [2.24, 2.45) is 5.92 Å². The number of aliphatic hydroxyl groups is 1. The molecule has 1 aromatic rings. The predicted molar refractivity (Wildman–Crippen MR) is 128 cm³/mol. The Morgan fingerprint density at radius 1 is 1.03 bits per heavy atom. The summed E-state index contributed by atoms with van der Waals surface area (Å²) in [4.78, 5) is 32.9. The molecule has 1 aromatic carbocycles. The van der Waals surface area contributed by atoms with Gasteiger partial charge in [0.15, 0.2) is 17.1 Å². The molecule has 0 aromatic heterocycles. The molecule has 4 N–H and O–H groups in total. The Morgan fingerprint density at radius 3 is 1.97 bits per heavy atom. The lowest BCUT2D eigenvalue weighted by Crippen LogP contribution is -2.58. The first-order chi connectivity index (χ1) is 17.0. The van der Waals surface area contributed by atoms with Crippen LogP contribution in [0.4, 0.5) is 0 Å². The fourth-order valence-electron chi connectivity index (χ4n) is 4.71. The molecular formula is C25H37NO10. The third-order valence-electron chi connectivity index (χ3n) is 6.41. The number of para-hydroxylation sites is 2. The van der Waals surface area contributed by atoms with Crippen LogP contribution in [-0.2, 0) is 19.1 Å². The van der Waals surface area contributed by atoms with Crippen LogP contribution in [0.1, 0.15) is 59.3 Å². The average Bonchev–Trinajstić information content (AvgIpc) is 3.17. The fraction of sp³-hybridized carbons (Fsp3) is 0.640. The Kier molecular flexibility index (Phi) is 10.5. The lowest BCUT2D eigenvalue weighted by Gasteiger charge is -2.45. The third kappa shape index (κ3) is 7.08. The number of nitrogens with zero attached hydrogens (tertiary/aromatic N) is 1.